The van der Waals surface area contributed by atoms with Crippen molar-refractivity contribution >= 4 is 23.6 Å². The molecule has 0 amide bonds. The van der Waals surface area contributed by atoms with Crippen molar-refractivity contribution < 1.29 is 32.5 Å². The van der Waals surface area contributed by atoms with Crippen LogP contribution in [0.3, 0.4) is 0 Å². The Balaban J connectivity index is 2.62. The zero-order chi connectivity index (χ0) is 15.1. The van der Waals surface area contributed by atoms with E-state index in [1.807, 2.05) is 0 Å². The van der Waals surface area contributed by atoms with Crippen molar-refractivity contribution in [3.05, 3.63) is 28.3 Å². The Morgan fingerprint density at radius 1 is 1.45 bits per heavy atom. The second-order valence-electron chi connectivity index (χ2n) is 3.97. The number of fused-ring (bicyclic) bond motifs is 1. The summed E-state index contributed by atoms with van der Waals surface area (Å²) in [5.74, 6) is -1.90. The molecule has 1 aromatic carbocycles. The van der Waals surface area contributed by atoms with Gasteiger partial charge < -0.3 is 14.6 Å². The normalized spacial score (nSPS) is 17.9. The Morgan fingerprint density at radius 3 is 2.60 bits per heavy atom. The monoisotopic (exact) mass is 308 g/mol. The van der Waals surface area contributed by atoms with Gasteiger partial charge in [0.1, 0.15) is 0 Å². The van der Waals surface area contributed by atoms with E-state index in [4.69, 9.17) is 26.2 Å². The molecule has 1 aromatic rings. The lowest BCUT2D eigenvalue weighted by molar-refractivity contribution is -0.187. The van der Waals surface area contributed by atoms with E-state index >= 15 is 0 Å². The molecule has 0 aliphatic carbocycles. The molecule has 1 aliphatic heterocycles. The number of ether oxygens (including phenoxy) is 2. The van der Waals surface area contributed by atoms with E-state index in [0.29, 0.717) is 0 Å². The van der Waals surface area contributed by atoms with Gasteiger partial charge in [0.15, 0.2) is 11.5 Å². The molecule has 0 spiro atoms. The maximum Gasteiger partial charge on any atom is 0.430 e. The zero-order valence-corrected chi connectivity index (χ0v) is 10.7. The average molecular weight is 309 g/mol. The number of hydrogen-bond donors (Lipinski definition) is 1. The first kappa shape index (κ1) is 14.5. The molecular formula is C12H8ClF3O4. The van der Waals surface area contributed by atoms with Crippen LogP contribution in [0.1, 0.15) is 5.56 Å². The number of carbonyl (C=O) groups is 1. The maximum absolute atomic E-state index is 12.9. The quantitative estimate of drug-likeness (QED) is 0.912. The summed E-state index contributed by atoms with van der Waals surface area (Å²) in [6.45, 7) is 0. The van der Waals surface area contributed by atoms with Crippen LogP contribution >= 0.6 is 11.6 Å². The summed E-state index contributed by atoms with van der Waals surface area (Å²) in [7, 11) is 1.24. The van der Waals surface area contributed by atoms with Crippen LogP contribution in [0.25, 0.3) is 6.08 Å². The highest BCUT2D eigenvalue weighted by Crippen LogP contribution is 2.43. The number of methoxy groups -OCH3 is 1. The summed E-state index contributed by atoms with van der Waals surface area (Å²) in [6.07, 6.45) is -6.53. The minimum absolute atomic E-state index is 0.00226. The highest BCUT2D eigenvalue weighted by atomic mass is 35.5. The molecule has 0 saturated carbocycles. The summed E-state index contributed by atoms with van der Waals surface area (Å²) in [5, 5.41) is 9.07. The van der Waals surface area contributed by atoms with Gasteiger partial charge in [-0.15, -0.1) is 0 Å². The van der Waals surface area contributed by atoms with Crippen molar-refractivity contribution in [1.82, 2.24) is 0 Å². The second-order valence-corrected chi connectivity index (χ2v) is 4.41. The smallest absolute Gasteiger partial charge is 0.430 e. The van der Waals surface area contributed by atoms with Gasteiger partial charge in [0, 0.05) is 16.7 Å². The number of carboxylic acids is 1. The van der Waals surface area contributed by atoms with Crippen LogP contribution in [0.5, 0.6) is 11.5 Å². The van der Waals surface area contributed by atoms with E-state index in [9.17, 15) is 18.0 Å². The molecule has 1 heterocycles. The molecule has 8 heteroatoms. The van der Waals surface area contributed by atoms with Crippen LogP contribution in [0.15, 0.2) is 17.7 Å². The fourth-order valence-corrected chi connectivity index (χ4v) is 2.03. The van der Waals surface area contributed by atoms with Crippen molar-refractivity contribution in [1.29, 1.82) is 0 Å². The highest BCUT2D eigenvalue weighted by molar-refractivity contribution is 6.31. The standard InChI is InChI=1S/C12H8ClF3O4/c1-19-8-4-6(13)2-5-3-7(11(17)18)10(12(14,15)16)20-9(5)8/h2-4,10H,1H3,(H,17,18). The van der Waals surface area contributed by atoms with Crippen molar-refractivity contribution in [3.8, 4) is 11.5 Å². The molecule has 20 heavy (non-hydrogen) atoms. The van der Waals surface area contributed by atoms with Crippen molar-refractivity contribution in [2.45, 2.75) is 12.3 Å². The van der Waals surface area contributed by atoms with Gasteiger partial charge in [0.05, 0.1) is 12.7 Å². The first-order chi connectivity index (χ1) is 9.24. The largest absolute Gasteiger partial charge is 0.493 e. The van der Waals surface area contributed by atoms with Gasteiger partial charge in [-0.25, -0.2) is 4.79 Å². The SMILES string of the molecule is COc1cc(Cl)cc2c1OC(C(F)(F)F)C(C(=O)O)=C2. The van der Waals surface area contributed by atoms with Gasteiger partial charge in [-0.1, -0.05) is 11.6 Å². The Bertz CT molecular complexity index is 595. The van der Waals surface area contributed by atoms with Crippen LogP contribution in [-0.2, 0) is 4.79 Å². The summed E-state index contributed by atoms with van der Waals surface area (Å²) in [4.78, 5) is 10.9. The topological polar surface area (TPSA) is 55.8 Å². The Hall–Kier alpha value is -1.89. The molecule has 0 saturated heterocycles. The lowest BCUT2D eigenvalue weighted by Gasteiger charge is -2.28. The molecule has 4 nitrogen and oxygen atoms in total. The minimum Gasteiger partial charge on any atom is -0.493 e. The van der Waals surface area contributed by atoms with Crippen LogP contribution in [0.2, 0.25) is 5.02 Å². The summed E-state index contributed by atoms with van der Waals surface area (Å²) in [6, 6.07) is 2.59. The third kappa shape index (κ3) is 2.53. The Labute approximate surface area is 116 Å². The van der Waals surface area contributed by atoms with Crippen molar-refractivity contribution in [2.75, 3.05) is 7.11 Å². The molecule has 1 N–H and O–H groups in total. The van der Waals surface area contributed by atoms with E-state index in [-0.39, 0.29) is 22.1 Å². The minimum atomic E-state index is -4.85. The van der Waals surface area contributed by atoms with E-state index in [0.717, 1.165) is 6.08 Å². The molecule has 0 radical (unpaired) electrons. The van der Waals surface area contributed by atoms with Gasteiger partial charge in [-0.05, 0) is 12.1 Å². The number of carboxylic acid groups (broad SMARTS) is 1. The van der Waals surface area contributed by atoms with Crippen LogP contribution in [0.4, 0.5) is 13.2 Å². The summed E-state index contributed by atoms with van der Waals surface area (Å²) >= 11 is 5.78. The van der Waals surface area contributed by atoms with Gasteiger partial charge >= 0.3 is 12.1 Å². The molecule has 108 valence electrons. The molecule has 0 fully saturated rings. The van der Waals surface area contributed by atoms with Gasteiger partial charge in [0.2, 0.25) is 6.10 Å². The second kappa shape index (κ2) is 4.90. The summed E-state index contributed by atoms with van der Waals surface area (Å²) in [5.41, 5.74) is -0.790. The molecular weight excluding hydrogens is 301 g/mol. The van der Waals surface area contributed by atoms with Gasteiger partial charge in [-0.3, -0.25) is 0 Å². The third-order valence-corrected chi connectivity index (χ3v) is 2.86. The number of aliphatic carboxylic acids is 1. The molecule has 0 aromatic heterocycles. The maximum atomic E-state index is 12.9. The zero-order valence-electron chi connectivity index (χ0n) is 9.99. The average Bonchev–Trinajstić information content (AvgIpc) is 2.34. The first-order valence-electron chi connectivity index (χ1n) is 5.30. The van der Waals surface area contributed by atoms with Gasteiger partial charge in [-0.2, -0.15) is 13.2 Å². The fourth-order valence-electron chi connectivity index (χ4n) is 1.82. The van der Waals surface area contributed by atoms with Crippen molar-refractivity contribution in [2.24, 2.45) is 0 Å². The molecule has 1 aliphatic rings. The van der Waals surface area contributed by atoms with E-state index in [1.165, 1.54) is 19.2 Å². The van der Waals surface area contributed by atoms with Crippen molar-refractivity contribution in [3.63, 3.8) is 0 Å². The first-order valence-corrected chi connectivity index (χ1v) is 5.67. The number of rotatable bonds is 2. The number of alkyl halides is 3. The molecule has 1 unspecified atom stereocenters. The third-order valence-electron chi connectivity index (χ3n) is 2.64. The summed E-state index contributed by atoms with van der Waals surface area (Å²) < 4.78 is 48.3. The predicted molar refractivity (Wildman–Crippen MR) is 64.1 cm³/mol. The predicted octanol–water partition coefficient (Wildman–Crippen LogP) is 3.14. The highest BCUT2D eigenvalue weighted by Gasteiger charge is 2.49. The molecule has 1 atom stereocenters. The van der Waals surface area contributed by atoms with E-state index < -0.39 is 23.8 Å². The fraction of sp³-hybridized carbons (Fsp3) is 0.250. The van der Waals surface area contributed by atoms with Crippen LogP contribution < -0.4 is 9.47 Å². The lowest BCUT2D eigenvalue weighted by atomic mass is 10.0. The molecule has 0 bridgehead atoms. The van der Waals surface area contributed by atoms with E-state index in [2.05, 4.69) is 0 Å². The van der Waals surface area contributed by atoms with Crippen LogP contribution in [-0.4, -0.2) is 30.5 Å². The van der Waals surface area contributed by atoms with E-state index in [1.54, 1.807) is 0 Å². The number of halogens is 4. The molecule has 2 rings (SSSR count). The van der Waals surface area contributed by atoms with Crippen LogP contribution in [0, 0.1) is 0 Å². The number of benzene rings is 1. The Morgan fingerprint density at radius 2 is 2.10 bits per heavy atom. The number of hydrogen-bond acceptors (Lipinski definition) is 3. The Kier molecular flexibility index (Phi) is 3.56. The van der Waals surface area contributed by atoms with Gasteiger partial charge in [0.25, 0.3) is 0 Å². The lowest BCUT2D eigenvalue weighted by Crippen LogP contribution is -2.40.